The molecule has 0 spiro atoms. The van der Waals surface area contributed by atoms with Crippen LogP contribution in [-0.2, 0) is 7.05 Å². The molecule has 0 unspecified atom stereocenters. The Bertz CT molecular complexity index is 1470. The van der Waals surface area contributed by atoms with Crippen LogP contribution in [0.4, 0.5) is 15.9 Å². The van der Waals surface area contributed by atoms with Crippen molar-refractivity contribution in [2.45, 2.75) is 12.1 Å². The first kappa shape index (κ1) is 20.1. The maximum atomic E-state index is 14.4. The number of benzene rings is 2. The third-order valence-corrected chi connectivity index (χ3v) is 5.39. The number of aryl methyl sites for hydroxylation is 2. The van der Waals surface area contributed by atoms with E-state index < -0.39 is 5.82 Å². The van der Waals surface area contributed by atoms with E-state index in [4.69, 9.17) is 4.74 Å². The second-order valence-electron chi connectivity index (χ2n) is 7.01. The predicted octanol–water partition coefficient (Wildman–Crippen LogP) is 4.41. The molecule has 3 aromatic heterocycles. The normalized spacial score (nSPS) is 11.2. The molecule has 0 bridgehead atoms. The van der Waals surface area contributed by atoms with Crippen molar-refractivity contribution in [1.29, 1.82) is 0 Å². The summed E-state index contributed by atoms with van der Waals surface area (Å²) < 4.78 is 21.7. The molecule has 0 saturated heterocycles. The highest BCUT2D eigenvalue weighted by molar-refractivity contribution is 7.98. The SMILES string of the molecule is CSc1ncc2ncnc(Nc3ccc(Oc4cc(F)c5c(c4)nnn5C)c(C)c3)c2n1. The molecule has 5 aromatic rings. The highest BCUT2D eigenvalue weighted by atomic mass is 32.2. The highest BCUT2D eigenvalue weighted by Gasteiger charge is 2.13. The van der Waals surface area contributed by atoms with E-state index in [1.807, 2.05) is 31.4 Å². The molecule has 9 nitrogen and oxygen atoms in total. The first-order chi connectivity index (χ1) is 15.5. The fourth-order valence-electron chi connectivity index (χ4n) is 3.31. The average molecular weight is 448 g/mol. The van der Waals surface area contributed by atoms with Gasteiger partial charge in [-0.05, 0) is 36.9 Å². The molecule has 0 saturated carbocycles. The van der Waals surface area contributed by atoms with Crippen LogP contribution < -0.4 is 10.1 Å². The lowest BCUT2D eigenvalue weighted by molar-refractivity contribution is 0.474. The maximum Gasteiger partial charge on any atom is 0.188 e. The van der Waals surface area contributed by atoms with E-state index >= 15 is 0 Å². The van der Waals surface area contributed by atoms with E-state index in [1.54, 1.807) is 19.3 Å². The monoisotopic (exact) mass is 448 g/mol. The number of thioether (sulfide) groups is 1. The van der Waals surface area contributed by atoms with Gasteiger partial charge in [0.25, 0.3) is 0 Å². The van der Waals surface area contributed by atoms with E-state index in [0.29, 0.717) is 44.5 Å². The Hall–Kier alpha value is -3.86. The Morgan fingerprint density at radius 1 is 1.09 bits per heavy atom. The van der Waals surface area contributed by atoms with Crippen LogP contribution in [0.25, 0.3) is 22.1 Å². The smallest absolute Gasteiger partial charge is 0.188 e. The molecule has 160 valence electrons. The number of hydrogen-bond donors (Lipinski definition) is 1. The molecule has 5 rings (SSSR count). The van der Waals surface area contributed by atoms with Crippen molar-refractivity contribution in [3.8, 4) is 11.5 Å². The van der Waals surface area contributed by atoms with Gasteiger partial charge >= 0.3 is 0 Å². The highest BCUT2D eigenvalue weighted by Crippen LogP contribution is 2.31. The van der Waals surface area contributed by atoms with Crippen molar-refractivity contribution in [3.63, 3.8) is 0 Å². The lowest BCUT2D eigenvalue weighted by Crippen LogP contribution is -2.00. The van der Waals surface area contributed by atoms with Crippen molar-refractivity contribution >= 4 is 45.3 Å². The summed E-state index contributed by atoms with van der Waals surface area (Å²) in [6.45, 7) is 1.91. The lowest BCUT2D eigenvalue weighted by atomic mass is 10.2. The fraction of sp³-hybridized carbons (Fsp3) is 0.143. The van der Waals surface area contributed by atoms with Crippen LogP contribution in [0.1, 0.15) is 5.56 Å². The van der Waals surface area contributed by atoms with Crippen LogP contribution in [0.5, 0.6) is 11.5 Å². The van der Waals surface area contributed by atoms with E-state index in [0.717, 1.165) is 11.3 Å². The summed E-state index contributed by atoms with van der Waals surface area (Å²) in [4.78, 5) is 17.3. The van der Waals surface area contributed by atoms with E-state index in [-0.39, 0.29) is 0 Å². The molecule has 11 heteroatoms. The summed E-state index contributed by atoms with van der Waals surface area (Å²) in [5.74, 6) is 1.08. The Labute approximate surface area is 186 Å². The van der Waals surface area contributed by atoms with Crippen LogP contribution in [-0.4, -0.2) is 41.2 Å². The molecule has 0 fully saturated rings. The van der Waals surface area contributed by atoms with E-state index in [9.17, 15) is 4.39 Å². The molecular weight excluding hydrogens is 431 g/mol. The molecule has 3 heterocycles. The third kappa shape index (κ3) is 3.66. The van der Waals surface area contributed by atoms with Crippen molar-refractivity contribution < 1.29 is 9.13 Å². The molecule has 0 aliphatic carbocycles. The van der Waals surface area contributed by atoms with Gasteiger partial charge < -0.3 is 10.1 Å². The summed E-state index contributed by atoms with van der Waals surface area (Å²) in [6.07, 6.45) is 5.05. The number of nitrogens with one attached hydrogen (secondary N) is 1. The number of fused-ring (bicyclic) bond motifs is 2. The molecule has 0 aliphatic rings. The van der Waals surface area contributed by atoms with Gasteiger partial charge in [0.05, 0.1) is 6.20 Å². The summed E-state index contributed by atoms with van der Waals surface area (Å²) in [5, 5.41) is 11.7. The molecule has 1 N–H and O–H groups in total. The Kier molecular flexibility index (Phi) is 5.02. The van der Waals surface area contributed by atoms with Crippen LogP contribution in [0, 0.1) is 12.7 Å². The quantitative estimate of drug-likeness (QED) is 0.309. The molecule has 0 amide bonds. The van der Waals surface area contributed by atoms with Crippen molar-refractivity contribution in [2.75, 3.05) is 11.6 Å². The first-order valence-electron chi connectivity index (χ1n) is 9.58. The molecule has 0 aliphatic heterocycles. The van der Waals surface area contributed by atoms with Gasteiger partial charge in [-0.25, -0.2) is 29.0 Å². The van der Waals surface area contributed by atoms with Gasteiger partial charge in [-0.1, -0.05) is 17.0 Å². The molecule has 0 radical (unpaired) electrons. The minimum atomic E-state index is -0.441. The summed E-state index contributed by atoms with van der Waals surface area (Å²) in [6, 6.07) is 8.56. The number of anilines is 2. The van der Waals surface area contributed by atoms with Gasteiger partial charge in [0, 0.05) is 24.9 Å². The second kappa shape index (κ2) is 8.00. The fourth-order valence-corrected chi connectivity index (χ4v) is 3.65. The van der Waals surface area contributed by atoms with Crippen LogP contribution in [0.15, 0.2) is 48.0 Å². The van der Waals surface area contributed by atoms with Crippen molar-refractivity contribution in [1.82, 2.24) is 34.9 Å². The summed E-state index contributed by atoms with van der Waals surface area (Å²) >= 11 is 1.45. The van der Waals surface area contributed by atoms with Crippen LogP contribution in [0.2, 0.25) is 0 Å². The standard InChI is InChI=1S/C21H17FN8OS/c1-11-6-12(26-20-18-16(24-10-25-20)9-23-21(27-18)32-3)4-5-17(11)31-13-7-14(22)19-15(8-13)28-29-30(19)2/h4-10H,1-3H3,(H,24,25,26). The minimum Gasteiger partial charge on any atom is -0.457 e. The van der Waals surface area contributed by atoms with Gasteiger partial charge in [-0.2, -0.15) is 0 Å². The molecular formula is C21H17FN8OS. The zero-order chi connectivity index (χ0) is 22.2. The van der Waals surface area contributed by atoms with Crippen LogP contribution in [0.3, 0.4) is 0 Å². The summed E-state index contributed by atoms with van der Waals surface area (Å²) in [7, 11) is 1.64. The topological polar surface area (TPSA) is 104 Å². The number of aromatic nitrogens is 7. The van der Waals surface area contributed by atoms with E-state index in [1.165, 1.54) is 28.8 Å². The number of rotatable bonds is 5. The number of nitrogens with zero attached hydrogens (tertiary/aromatic N) is 7. The van der Waals surface area contributed by atoms with Crippen molar-refractivity contribution in [3.05, 3.63) is 54.2 Å². The number of halogens is 1. The third-order valence-electron chi connectivity index (χ3n) is 4.83. The minimum absolute atomic E-state index is 0.333. The van der Waals surface area contributed by atoms with Gasteiger partial charge in [0.1, 0.15) is 39.9 Å². The predicted molar refractivity (Wildman–Crippen MR) is 120 cm³/mol. The zero-order valence-corrected chi connectivity index (χ0v) is 18.2. The Morgan fingerprint density at radius 2 is 1.97 bits per heavy atom. The number of ether oxygens (including phenoxy) is 1. The number of hydrogen-bond acceptors (Lipinski definition) is 9. The molecule has 0 atom stereocenters. The van der Waals surface area contributed by atoms with Gasteiger partial charge in [-0.3, -0.25) is 0 Å². The molecule has 32 heavy (non-hydrogen) atoms. The maximum absolute atomic E-state index is 14.4. The first-order valence-corrected chi connectivity index (χ1v) is 10.8. The van der Waals surface area contributed by atoms with Crippen LogP contribution >= 0.6 is 11.8 Å². The zero-order valence-electron chi connectivity index (χ0n) is 17.4. The molecule has 2 aromatic carbocycles. The Balaban J connectivity index is 1.42. The second-order valence-corrected chi connectivity index (χ2v) is 7.78. The van der Waals surface area contributed by atoms with Gasteiger partial charge in [0.15, 0.2) is 16.8 Å². The van der Waals surface area contributed by atoms with Gasteiger partial charge in [-0.15, -0.1) is 5.10 Å². The largest absolute Gasteiger partial charge is 0.457 e. The average Bonchev–Trinajstić information content (AvgIpc) is 3.16. The summed E-state index contributed by atoms with van der Waals surface area (Å²) in [5.41, 5.74) is 3.71. The van der Waals surface area contributed by atoms with E-state index in [2.05, 4.69) is 35.6 Å². The van der Waals surface area contributed by atoms with Gasteiger partial charge in [0.2, 0.25) is 0 Å². The Morgan fingerprint density at radius 3 is 2.78 bits per heavy atom. The lowest BCUT2D eigenvalue weighted by Gasteiger charge is -2.12. The van der Waals surface area contributed by atoms with Crippen molar-refractivity contribution in [2.24, 2.45) is 7.05 Å².